The Hall–Kier alpha value is -2.15. The minimum Gasteiger partial charge on any atom is -0.478 e. The number of pyridine rings is 1. The van der Waals surface area contributed by atoms with E-state index in [-0.39, 0.29) is 29.5 Å². The number of hydrogen-bond acceptors (Lipinski definition) is 5. The molecule has 0 unspecified atom stereocenters. The molecule has 18 heavy (non-hydrogen) atoms. The molecule has 0 spiro atoms. The predicted molar refractivity (Wildman–Crippen MR) is 61.6 cm³/mol. The number of carboxylic acids is 1. The Morgan fingerprint density at radius 1 is 1.39 bits per heavy atom. The summed E-state index contributed by atoms with van der Waals surface area (Å²) in [7, 11) is 0. The van der Waals surface area contributed by atoms with Crippen molar-refractivity contribution in [1.82, 2.24) is 10.3 Å². The highest BCUT2D eigenvalue weighted by molar-refractivity contribution is 6.33. The van der Waals surface area contributed by atoms with E-state index in [0.717, 1.165) is 0 Å². The van der Waals surface area contributed by atoms with E-state index >= 15 is 0 Å². The van der Waals surface area contributed by atoms with Crippen molar-refractivity contribution in [2.75, 3.05) is 18.0 Å². The molecule has 0 radical (unpaired) electrons. The van der Waals surface area contributed by atoms with Gasteiger partial charge < -0.3 is 10.0 Å². The first-order chi connectivity index (χ1) is 8.47. The third kappa shape index (κ3) is 2.40. The van der Waals surface area contributed by atoms with Gasteiger partial charge in [-0.1, -0.05) is 11.6 Å². The number of anilines is 1. The van der Waals surface area contributed by atoms with Crippen molar-refractivity contribution in [2.24, 2.45) is 0 Å². The van der Waals surface area contributed by atoms with E-state index in [0.29, 0.717) is 0 Å². The second-order valence-corrected chi connectivity index (χ2v) is 4.06. The fourth-order valence-corrected chi connectivity index (χ4v) is 1.75. The highest BCUT2D eigenvalue weighted by Gasteiger charge is 2.24. The summed E-state index contributed by atoms with van der Waals surface area (Å²) in [5.74, 6) is -1.89. The number of carboxylic acid groups (broad SMARTS) is 1. The molecule has 2 rings (SSSR count). The molecule has 1 saturated heterocycles. The van der Waals surface area contributed by atoms with Crippen LogP contribution in [0, 0.1) is 0 Å². The van der Waals surface area contributed by atoms with Crippen LogP contribution in [0.3, 0.4) is 0 Å². The number of nitrogens with one attached hydrogen (secondary N) is 1. The summed E-state index contributed by atoms with van der Waals surface area (Å²) in [6.45, 7) is -0.112. The van der Waals surface area contributed by atoms with Gasteiger partial charge in [-0.3, -0.25) is 14.9 Å². The third-order valence-corrected chi connectivity index (χ3v) is 2.64. The van der Waals surface area contributed by atoms with Crippen LogP contribution in [-0.4, -0.2) is 41.0 Å². The number of aromatic nitrogens is 1. The molecule has 1 aromatic heterocycles. The summed E-state index contributed by atoms with van der Waals surface area (Å²) in [6, 6.07) is 1.23. The maximum Gasteiger partial charge on any atom is 0.337 e. The van der Waals surface area contributed by atoms with E-state index in [1.165, 1.54) is 17.2 Å². The number of imide groups is 1. The van der Waals surface area contributed by atoms with Crippen LogP contribution < -0.4 is 10.2 Å². The Morgan fingerprint density at radius 3 is 2.56 bits per heavy atom. The van der Waals surface area contributed by atoms with Crippen LogP contribution in [0.2, 0.25) is 5.02 Å². The van der Waals surface area contributed by atoms with Gasteiger partial charge in [-0.05, 0) is 6.07 Å². The van der Waals surface area contributed by atoms with Crippen molar-refractivity contribution in [3.63, 3.8) is 0 Å². The minimum absolute atomic E-state index is 0.000891. The monoisotopic (exact) mass is 269 g/mol. The van der Waals surface area contributed by atoms with Gasteiger partial charge in [0.05, 0.1) is 23.7 Å². The Morgan fingerprint density at radius 2 is 2.00 bits per heavy atom. The number of carbonyl (C=O) groups excluding carboxylic acids is 2. The summed E-state index contributed by atoms with van der Waals surface area (Å²) in [5, 5.41) is 11.1. The average Bonchev–Trinajstić information content (AvgIpc) is 2.27. The van der Waals surface area contributed by atoms with Gasteiger partial charge in [0.25, 0.3) is 0 Å². The number of aromatic carboxylic acids is 1. The number of halogens is 1. The molecule has 7 nitrogen and oxygen atoms in total. The molecule has 2 N–H and O–H groups in total. The van der Waals surface area contributed by atoms with Crippen LogP contribution in [-0.2, 0) is 9.59 Å². The van der Waals surface area contributed by atoms with Gasteiger partial charge >= 0.3 is 5.97 Å². The molecule has 1 aromatic rings. The highest BCUT2D eigenvalue weighted by atomic mass is 35.5. The number of piperazine rings is 1. The van der Waals surface area contributed by atoms with Crippen molar-refractivity contribution >= 4 is 35.2 Å². The number of nitrogens with zero attached hydrogens (tertiary/aromatic N) is 2. The van der Waals surface area contributed by atoms with Crippen molar-refractivity contribution < 1.29 is 19.5 Å². The SMILES string of the molecule is O=C1CN(c2cc(C(=O)O)c(Cl)cn2)CC(=O)N1. The lowest BCUT2D eigenvalue weighted by molar-refractivity contribution is -0.130. The third-order valence-electron chi connectivity index (χ3n) is 2.34. The zero-order valence-electron chi connectivity index (χ0n) is 9.01. The molecule has 2 heterocycles. The van der Waals surface area contributed by atoms with Gasteiger partial charge in [-0.25, -0.2) is 9.78 Å². The lowest BCUT2D eigenvalue weighted by Crippen LogP contribution is -2.51. The van der Waals surface area contributed by atoms with Gasteiger partial charge in [0.15, 0.2) is 0 Å². The van der Waals surface area contributed by atoms with Crippen LogP contribution in [0.25, 0.3) is 0 Å². The molecular weight excluding hydrogens is 262 g/mol. The first-order valence-corrected chi connectivity index (χ1v) is 5.31. The Labute approximate surface area is 106 Å². The standard InChI is InChI=1S/C10H8ClN3O4/c11-6-2-12-7(1-5(6)10(17)18)14-3-8(15)13-9(16)4-14/h1-2H,3-4H2,(H,17,18)(H,13,15,16). The van der Waals surface area contributed by atoms with Gasteiger partial charge in [-0.2, -0.15) is 0 Å². The zero-order valence-corrected chi connectivity index (χ0v) is 9.77. The molecule has 0 bridgehead atoms. The molecule has 1 aliphatic rings. The molecule has 0 atom stereocenters. The van der Waals surface area contributed by atoms with Crippen molar-refractivity contribution in [3.8, 4) is 0 Å². The van der Waals surface area contributed by atoms with Gasteiger partial charge in [0, 0.05) is 6.20 Å². The van der Waals surface area contributed by atoms with Gasteiger partial charge in [0.2, 0.25) is 11.8 Å². The molecular formula is C10H8ClN3O4. The van der Waals surface area contributed by atoms with Crippen LogP contribution in [0.1, 0.15) is 10.4 Å². The number of hydrogen-bond donors (Lipinski definition) is 2. The van der Waals surface area contributed by atoms with Crippen molar-refractivity contribution in [2.45, 2.75) is 0 Å². The molecule has 94 valence electrons. The molecule has 1 aliphatic heterocycles. The fraction of sp³-hybridized carbons (Fsp3) is 0.200. The summed E-state index contributed by atoms with van der Waals surface area (Å²) < 4.78 is 0. The van der Waals surface area contributed by atoms with E-state index in [2.05, 4.69) is 10.3 Å². The van der Waals surface area contributed by atoms with Gasteiger partial charge in [-0.15, -0.1) is 0 Å². The molecule has 2 amide bonds. The summed E-state index contributed by atoms with van der Waals surface area (Å²) in [5.41, 5.74) is -0.125. The maximum atomic E-state index is 11.2. The first-order valence-electron chi connectivity index (χ1n) is 4.94. The summed E-state index contributed by atoms with van der Waals surface area (Å²) in [4.78, 5) is 38.6. The van der Waals surface area contributed by atoms with Gasteiger partial charge in [0.1, 0.15) is 5.82 Å². The highest BCUT2D eigenvalue weighted by Crippen LogP contribution is 2.20. The zero-order chi connectivity index (χ0) is 13.3. The van der Waals surface area contributed by atoms with Crippen molar-refractivity contribution in [3.05, 3.63) is 22.8 Å². The first kappa shape index (κ1) is 12.3. The lowest BCUT2D eigenvalue weighted by Gasteiger charge is -2.26. The molecule has 0 aromatic carbocycles. The molecule has 1 fully saturated rings. The average molecular weight is 270 g/mol. The van der Waals surface area contributed by atoms with Crippen LogP contribution in [0.4, 0.5) is 5.82 Å². The van der Waals surface area contributed by atoms with E-state index in [4.69, 9.17) is 16.7 Å². The maximum absolute atomic E-state index is 11.2. The second kappa shape index (κ2) is 4.61. The predicted octanol–water partition coefficient (Wildman–Crippen LogP) is -0.104. The van der Waals surface area contributed by atoms with E-state index in [1.54, 1.807) is 0 Å². The Kier molecular flexibility index (Phi) is 3.15. The minimum atomic E-state index is -1.20. The lowest BCUT2D eigenvalue weighted by atomic mass is 10.2. The molecule has 8 heteroatoms. The van der Waals surface area contributed by atoms with Crippen LogP contribution in [0.5, 0.6) is 0 Å². The van der Waals surface area contributed by atoms with E-state index < -0.39 is 17.8 Å². The number of carbonyl (C=O) groups is 3. The van der Waals surface area contributed by atoms with Crippen LogP contribution in [0.15, 0.2) is 12.3 Å². The second-order valence-electron chi connectivity index (χ2n) is 3.65. The van der Waals surface area contributed by atoms with E-state index in [1.807, 2.05) is 0 Å². The summed E-state index contributed by atoms with van der Waals surface area (Å²) >= 11 is 5.68. The number of rotatable bonds is 2. The van der Waals surface area contributed by atoms with E-state index in [9.17, 15) is 14.4 Å². The van der Waals surface area contributed by atoms with Crippen LogP contribution >= 0.6 is 11.6 Å². The Balaban J connectivity index is 2.33. The molecule has 0 saturated carbocycles. The number of amides is 2. The van der Waals surface area contributed by atoms with Crippen molar-refractivity contribution in [1.29, 1.82) is 0 Å². The topological polar surface area (TPSA) is 99.6 Å². The fourth-order valence-electron chi connectivity index (χ4n) is 1.56. The Bertz CT molecular complexity index is 530. The largest absolute Gasteiger partial charge is 0.478 e. The quantitative estimate of drug-likeness (QED) is 0.727. The summed E-state index contributed by atoms with van der Waals surface area (Å²) in [6.07, 6.45) is 1.18. The smallest absolute Gasteiger partial charge is 0.337 e. The normalized spacial score (nSPS) is 15.5. The molecule has 0 aliphatic carbocycles.